The van der Waals surface area contributed by atoms with Gasteiger partial charge in [-0.25, -0.2) is 9.97 Å². The molecule has 3 atom stereocenters. The number of hydrogen-bond acceptors (Lipinski definition) is 6. The number of hydrogen-bond donors (Lipinski definition) is 2. The van der Waals surface area contributed by atoms with Crippen molar-refractivity contribution in [3.8, 4) is 0 Å². The lowest BCUT2D eigenvalue weighted by Crippen LogP contribution is -2.53. The molecule has 0 aromatic carbocycles. The molecule has 3 heterocycles. The van der Waals surface area contributed by atoms with Gasteiger partial charge in [-0.1, -0.05) is 6.42 Å². The van der Waals surface area contributed by atoms with E-state index in [2.05, 4.69) is 38.5 Å². The summed E-state index contributed by atoms with van der Waals surface area (Å²) in [6.45, 7) is 8.94. The van der Waals surface area contributed by atoms with Crippen LogP contribution in [0.4, 0.5) is 5.82 Å². The molecule has 1 aromatic rings. The zero-order valence-electron chi connectivity index (χ0n) is 16.2. The summed E-state index contributed by atoms with van der Waals surface area (Å²) in [6, 6.07) is 3.93. The van der Waals surface area contributed by atoms with E-state index in [1.165, 1.54) is 32.1 Å². The molecule has 0 spiro atoms. The van der Waals surface area contributed by atoms with Crippen LogP contribution in [0.2, 0.25) is 0 Å². The van der Waals surface area contributed by atoms with Crippen molar-refractivity contribution in [1.29, 1.82) is 0 Å². The van der Waals surface area contributed by atoms with E-state index in [4.69, 9.17) is 4.74 Å². The number of aromatic nitrogens is 2. The minimum Gasteiger partial charge on any atom is -0.379 e. The number of anilines is 1. The predicted molar refractivity (Wildman–Crippen MR) is 104 cm³/mol. The molecule has 26 heavy (non-hydrogen) atoms. The van der Waals surface area contributed by atoms with Gasteiger partial charge in [-0.05, 0) is 45.4 Å². The van der Waals surface area contributed by atoms with E-state index in [1.54, 1.807) is 0 Å². The van der Waals surface area contributed by atoms with Gasteiger partial charge in [0.25, 0.3) is 0 Å². The summed E-state index contributed by atoms with van der Waals surface area (Å²) in [5.41, 5.74) is 1.06. The molecule has 2 N–H and O–H groups in total. The minimum atomic E-state index is 0.538. The molecule has 3 fully saturated rings. The molecule has 144 valence electrons. The zero-order valence-corrected chi connectivity index (χ0v) is 16.2. The number of rotatable bonds is 4. The fourth-order valence-corrected chi connectivity index (χ4v) is 4.98. The first-order valence-corrected chi connectivity index (χ1v) is 10.3. The number of nitrogens with one attached hydrogen (secondary N) is 2. The Kier molecular flexibility index (Phi) is 5.72. The van der Waals surface area contributed by atoms with Crippen molar-refractivity contribution in [3.05, 3.63) is 17.6 Å². The highest BCUT2D eigenvalue weighted by atomic mass is 16.5. The van der Waals surface area contributed by atoms with Gasteiger partial charge < -0.3 is 20.3 Å². The monoisotopic (exact) mass is 359 g/mol. The van der Waals surface area contributed by atoms with Crippen molar-refractivity contribution in [2.75, 3.05) is 37.7 Å². The highest BCUT2D eigenvalue weighted by Crippen LogP contribution is 2.31. The fraction of sp³-hybridized carbons (Fsp3) is 0.800. The van der Waals surface area contributed by atoms with Crippen molar-refractivity contribution in [3.63, 3.8) is 0 Å². The standard InChI is InChI=1S/C20H33N5O/c1-14-12-20(23-15(2)22-14)25-9-6-16(7-10-25)24-18-5-3-4-17(18)19-13-26-11-8-21-19/h12,16-19,21,24H,3-11,13H2,1-2H3. The van der Waals surface area contributed by atoms with Crippen molar-refractivity contribution in [2.24, 2.45) is 5.92 Å². The van der Waals surface area contributed by atoms with E-state index in [9.17, 15) is 0 Å². The summed E-state index contributed by atoms with van der Waals surface area (Å²) in [4.78, 5) is 11.4. The normalized spacial score (nSPS) is 30.7. The summed E-state index contributed by atoms with van der Waals surface area (Å²) in [6.07, 6.45) is 6.38. The van der Waals surface area contributed by atoms with E-state index in [-0.39, 0.29) is 0 Å². The summed E-state index contributed by atoms with van der Waals surface area (Å²) in [7, 11) is 0. The fourth-order valence-electron chi connectivity index (χ4n) is 4.98. The van der Waals surface area contributed by atoms with Gasteiger partial charge >= 0.3 is 0 Å². The topological polar surface area (TPSA) is 62.3 Å². The molecule has 1 saturated carbocycles. The van der Waals surface area contributed by atoms with Gasteiger partial charge in [-0.15, -0.1) is 0 Å². The molecular weight excluding hydrogens is 326 g/mol. The van der Waals surface area contributed by atoms with Gasteiger partial charge in [0.15, 0.2) is 0 Å². The van der Waals surface area contributed by atoms with Crippen LogP contribution in [-0.4, -0.2) is 60.9 Å². The Hall–Kier alpha value is -1.24. The Balaban J connectivity index is 1.30. The molecule has 2 saturated heterocycles. The number of nitrogens with zero attached hydrogens (tertiary/aromatic N) is 3. The maximum absolute atomic E-state index is 5.71. The number of ether oxygens (including phenoxy) is 1. The summed E-state index contributed by atoms with van der Waals surface area (Å²) < 4.78 is 5.71. The number of morpholine rings is 1. The molecule has 0 amide bonds. The largest absolute Gasteiger partial charge is 0.379 e. The molecular formula is C20H33N5O. The maximum Gasteiger partial charge on any atom is 0.132 e. The second-order valence-corrected chi connectivity index (χ2v) is 8.18. The van der Waals surface area contributed by atoms with Crippen LogP contribution < -0.4 is 15.5 Å². The molecule has 6 heteroatoms. The van der Waals surface area contributed by atoms with Crippen molar-refractivity contribution >= 4 is 5.82 Å². The number of piperidine rings is 1. The zero-order chi connectivity index (χ0) is 17.9. The summed E-state index contributed by atoms with van der Waals surface area (Å²) >= 11 is 0. The van der Waals surface area contributed by atoms with Gasteiger partial charge in [-0.2, -0.15) is 0 Å². The molecule has 0 bridgehead atoms. The van der Waals surface area contributed by atoms with Crippen LogP contribution in [0.5, 0.6) is 0 Å². The van der Waals surface area contributed by atoms with Crippen molar-refractivity contribution in [1.82, 2.24) is 20.6 Å². The minimum absolute atomic E-state index is 0.538. The molecule has 1 aromatic heterocycles. The second-order valence-electron chi connectivity index (χ2n) is 8.18. The molecule has 3 unspecified atom stereocenters. The molecule has 0 radical (unpaired) electrons. The van der Waals surface area contributed by atoms with Crippen LogP contribution in [0.25, 0.3) is 0 Å². The Morgan fingerprint density at radius 2 is 2.00 bits per heavy atom. The first-order chi connectivity index (χ1) is 12.7. The van der Waals surface area contributed by atoms with Crippen LogP contribution in [0.1, 0.15) is 43.6 Å². The molecule has 4 rings (SSSR count). The van der Waals surface area contributed by atoms with Crippen LogP contribution >= 0.6 is 0 Å². The average Bonchev–Trinajstić information content (AvgIpc) is 3.10. The van der Waals surface area contributed by atoms with E-state index in [1.807, 2.05) is 6.92 Å². The van der Waals surface area contributed by atoms with Crippen LogP contribution in [0.3, 0.4) is 0 Å². The van der Waals surface area contributed by atoms with Crippen LogP contribution in [0.15, 0.2) is 6.07 Å². The van der Waals surface area contributed by atoms with Gasteiger partial charge in [0.2, 0.25) is 0 Å². The van der Waals surface area contributed by atoms with Crippen molar-refractivity contribution in [2.45, 2.75) is 64.1 Å². The Labute approximate surface area is 157 Å². The lowest BCUT2D eigenvalue weighted by atomic mass is 9.92. The third-order valence-electron chi connectivity index (χ3n) is 6.26. The third-order valence-corrected chi connectivity index (χ3v) is 6.26. The first-order valence-electron chi connectivity index (χ1n) is 10.3. The van der Waals surface area contributed by atoms with E-state index < -0.39 is 0 Å². The molecule has 6 nitrogen and oxygen atoms in total. The SMILES string of the molecule is Cc1cc(N2CCC(NC3CCCC3C3COCCN3)CC2)nc(C)n1. The van der Waals surface area contributed by atoms with E-state index in [0.717, 1.165) is 56.1 Å². The predicted octanol–water partition coefficient (Wildman–Crippen LogP) is 1.81. The van der Waals surface area contributed by atoms with Crippen LogP contribution in [-0.2, 0) is 4.74 Å². The van der Waals surface area contributed by atoms with Gasteiger partial charge in [0.1, 0.15) is 11.6 Å². The summed E-state index contributed by atoms with van der Waals surface area (Å²) in [5, 5.41) is 7.68. The van der Waals surface area contributed by atoms with Crippen LogP contribution in [0, 0.1) is 19.8 Å². The average molecular weight is 360 g/mol. The molecule has 2 aliphatic heterocycles. The molecule has 3 aliphatic rings. The molecule has 1 aliphatic carbocycles. The van der Waals surface area contributed by atoms with Crippen molar-refractivity contribution < 1.29 is 4.74 Å². The van der Waals surface area contributed by atoms with Gasteiger partial charge in [-0.3, -0.25) is 0 Å². The Morgan fingerprint density at radius 3 is 2.73 bits per heavy atom. The highest BCUT2D eigenvalue weighted by molar-refractivity contribution is 5.40. The van der Waals surface area contributed by atoms with Gasteiger partial charge in [0, 0.05) is 49.5 Å². The maximum atomic E-state index is 5.71. The first kappa shape index (κ1) is 18.1. The van der Waals surface area contributed by atoms with E-state index in [0.29, 0.717) is 18.1 Å². The van der Waals surface area contributed by atoms with Gasteiger partial charge in [0.05, 0.1) is 13.2 Å². The quantitative estimate of drug-likeness (QED) is 0.855. The Bertz CT molecular complexity index is 576. The summed E-state index contributed by atoms with van der Waals surface area (Å²) in [5.74, 6) is 2.69. The third kappa shape index (κ3) is 4.18. The second kappa shape index (κ2) is 8.19. The lowest BCUT2D eigenvalue weighted by Gasteiger charge is -2.38. The number of aryl methyl sites for hydroxylation is 2. The smallest absolute Gasteiger partial charge is 0.132 e. The lowest BCUT2D eigenvalue weighted by molar-refractivity contribution is 0.0514. The highest BCUT2D eigenvalue weighted by Gasteiger charge is 2.36. The Morgan fingerprint density at radius 1 is 1.15 bits per heavy atom. The van der Waals surface area contributed by atoms with E-state index >= 15 is 0 Å².